The summed E-state index contributed by atoms with van der Waals surface area (Å²) in [6, 6.07) is 10.1. The Morgan fingerprint density at radius 3 is 2.56 bits per heavy atom. The summed E-state index contributed by atoms with van der Waals surface area (Å²) in [5.74, 6) is -1.28. The number of hydrogen-bond acceptors (Lipinski definition) is 5. The molecular formula is C17H17BrN2O5. The lowest BCUT2D eigenvalue weighted by atomic mass is 10.3. The first-order valence-corrected chi connectivity index (χ1v) is 8.32. The van der Waals surface area contributed by atoms with Gasteiger partial charge in [0.25, 0.3) is 11.8 Å². The van der Waals surface area contributed by atoms with Gasteiger partial charge in [-0.15, -0.1) is 0 Å². The lowest BCUT2D eigenvalue weighted by Crippen LogP contribution is -2.32. The van der Waals surface area contributed by atoms with E-state index in [1.807, 2.05) is 0 Å². The molecule has 0 bridgehead atoms. The number of benzene rings is 1. The van der Waals surface area contributed by atoms with Gasteiger partial charge >= 0.3 is 5.97 Å². The molecule has 0 unspecified atom stereocenters. The zero-order valence-corrected chi connectivity index (χ0v) is 15.0. The van der Waals surface area contributed by atoms with E-state index in [1.54, 1.807) is 30.3 Å². The zero-order valence-electron chi connectivity index (χ0n) is 13.5. The predicted octanol–water partition coefficient (Wildman–Crippen LogP) is 2.73. The lowest BCUT2D eigenvalue weighted by molar-refractivity contribution is -0.153. The Balaban J connectivity index is 1.71. The number of rotatable bonds is 7. The molecule has 2 N–H and O–H groups in total. The second-order valence-corrected chi connectivity index (χ2v) is 6.03. The highest BCUT2D eigenvalue weighted by Gasteiger charge is 2.18. The largest absolute Gasteiger partial charge is 0.459 e. The van der Waals surface area contributed by atoms with Gasteiger partial charge < -0.3 is 19.8 Å². The number of carbonyl (C=O) groups is 3. The molecule has 1 heterocycles. The number of esters is 1. The van der Waals surface area contributed by atoms with Gasteiger partial charge in [-0.3, -0.25) is 14.4 Å². The average Bonchev–Trinajstić information content (AvgIpc) is 3.11. The van der Waals surface area contributed by atoms with Crippen LogP contribution in [0.3, 0.4) is 0 Å². The molecule has 25 heavy (non-hydrogen) atoms. The number of furan rings is 1. The normalized spacial score (nSPS) is 11.4. The van der Waals surface area contributed by atoms with E-state index in [0.29, 0.717) is 5.69 Å². The van der Waals surface area contributed by atoms with Crippen molar-refractivity contribution in [3.05, 3.63) is 52.9 Å². The van der Waals surface area contributed by atoms with Crippen molar-refractivity contribution in [3.8, 4) is 0 Å². The SMILES string of the molecule is C[C@H](OC(=O)CCNC(=O)c1ccco1)C(=O)Nc1ccc(Br)cc1. The summed E-state index contributed by atoms with van der Waals surface area (Å²) < 4.78 is 10.9. The topological polar surface area (TPSA) is 97.6 Å². The quantitative estimate of drug-likeness (QED) is 0.686. The number of amides is 2. The lowest BCUT2D eigenvalue weighted by Gasteiger charge is -2.13. The van der Waals surface area contributed by atoms with Crippen LogP contribution in [-0.2, 0) is 14.3 Å². The average molecular weight is 409 g/mol. The van der Waals surface area contributed by atoms with Crippen LogP contribution in [0.4, 0.5) is 5.69 Å². The number of carbonyl (C=O) groups excluding carboxylic acids is 3. The minimum absolute atomic E-state index is 0.0532. The van der Waals surface area contributed by atoms with Crippen molar-refractivity contribution in [2.75, 3.05) is 11.9 Å². The Morgan fingerprint density at radius 2 is 1.92 bits per heavy atom. The fourth-order valence-corrected chi connectivity index (χ4v) is 2.12. The van der Waals surface area contributed by atoms with Gasteiger partial charge in [0.2, 0.25) is 0 Å². The van der Waals surface area contributed by atoms with Gasteiger partial charge in [0.1, 0.15) is 0 Å². The maximum absolute atomic E-state index is 12.0. The fourth-order valence-electron chi connectivity index (χ4n) is 1.86. The van der Waals surface area contributed by atoms with Crippen LogP contribution in [0.2, 0.25) is 0 Å². The molecule has 0 fully saturated rings. The van der Waals surface area contributed by atoms with Gasteiger partial charge in [0, 0.05) is 16.7 Å². The van der Waals surface area contributed by atoms with Gasteiger partial charge in [0.05, 0.1) is 12.7 Å². The molecular weight excluding hydrogens is 392 g/mol. The Kier molecular flexibility index (Phi) is 6.76. The summed E-state index contributed by atoms with van der Waals surface area (Å²) in [4.78, 5) is 35.3. The van der Waals surface area contributed by atoms with Crippen LogP contribution in [0.1, 0.15) is 23.9 Å². The van der Waals surface area contributed by atoms with Gasteiger partial charge in [0.15, 0.2) is 11.9 Å². The number of anilines is 1. The first kappa shape index (κ1) is 18.7. The Morgan fingerprint density at radius 1 is 1.20 bits per heavy atom. The smallest absolute Gasteiger partial charge is 0.308 e. The first-order chi connectivity index (χ1) is 12.0. The Bertz CT molecular complexity index is 728. The monoisotopic (exact) mass is 408 g/mol. The van der Waals surface area contributed by atoms with Crippen molar-refractivity contribution in [2.24, 2.45) is 0 Å². The molecule has 2 rings (SSSR count). The molecule has 2 aromatic rings. The molecule has 1 aromatic carbocycles. The Hall–Kier alpha value is -2.61. The molecule has 0 radical (unpaired) electrons. The number of ether oxygens (including phenoxy) is 1. The van der Waals surface area contributed by atoms with E-state index in [0.717, 1.165) is 4.47 Å². The molecule has 1 atom stereocenters. The molecule has 2 amide bonds. The Labute approximate surface area is 152 Å². The second-order valence-electron chi connectivity index (χ2n) is 5.11. The van der Waals surface area contributed by atoms with Crippen LogP contribution in [0.5, 0.6) is 0 Å². The minimum atomic E-state index is -0.947. The molecule has 0 aliphatic rings. The standard InChI is InChI=1S/C17H17BrN2O5/c1-11(16(22)20-13-6-4-12(18)5-7-13)25-15(21)8-9-19-17(23)14-3-2-10-24-14/h2-7,10-11H,8-9H2,1H3,(H,19,23)(H,20,22)/t11-/m0/s1. The van der Waals surface area contributed by atoms with Crippen LogP contribution in [0.15, 0.2) is 51.6 Å². The van der Waals surface area contributed by atoms with E-state index >= 15 is 0 Å². The third kappa shape index (κ3) is 6.07. The van der Waals surface area contributed by atoms with Gasteiger partial charge in [-0.2, -0.15) is 0 Å². The summed E-state index contributed by atoms with van der Waals surface area (Å²) >= 11 is 3.30. The molecule has 132 valence electrons. The third-order valence-corrected chi connectivity index (χ3v) is 3.68. The minimum Gasteiger partial charge on any atom is -0.459 e. The van der Waals surface area contributed by atoms with E-state index in [-0.39, 0.29) is 18.7 Å². The second kappa shape index (κ2) is 9.03. The molecule has 8 heteroatoms. The molecule has 0 saturated carbocycles. The summed E-state index contributed by atoms with van der Waals surface area (Å²) in [5, 5.41) is 5.17. The van der Waals surface area contributed by atoms with Crippen molar-refractivity contribution in [1.29, 1.82) is 0 Å². The molecule has 0 spiro atoms. The van der Waals surface area contributed by atoms with Gasteiger partial charge in [-0.05, 0) is 43.3 Å². The number of hydrogen-bond donors (Lipinski definition) is 2. The van der Waals surface area contributed by atoms with Crippen LogP contribution < -0.4 is 10.6 Å². The van der Waals surface area contributed by atoms with Crippen molar-refractivity contribution < 1.29 is 23.5 Å². The summed E-state index contributed by atoms with van der Waals surface area (Å²) in [6.07, 6.45) is 0.383. The van der Waals surface area contributed by atoms with Crippen LogP contribution >= 0.6 is 15.9 Å². The van der Waals surface area contributed by atoms with Crippen molar-refractivity contribution in [1.82, 2.24) is 5.32 Å². The molecule has 0 aliphatic heterocycles. The maximum Gasteiger partial charge on any atom is 0.308 e. The van der Waals surface area contributed by atoms with Crippen LogP contribution in [0, 0.1) is 0 Å². The van der Waals surface area contributed by atoms with Crippen molar-refractivity contribution >= 4 is 39.4 Å². The van der Waals surface area contributed by atoms with E-state index in [4.69, 9.17) is 9.15 Å². The first-order valence-electron chi connectivity index (χ1n) is 7.53. The molecule has 0 aliphatic carbocycles. The maximum atomic E-state index is 12.0. The van der Waals surface area contributed by atoms with Gasteiger partial charge in [-0.25, -0.2) is 0 Å². The van der Waals surface area contributed by atoms with E-state index in [9.17, 15) is 14.4 Å². The highest BCUT2D eigenvalue weighted by molar-refractivity contribution is 9.10. The molecule has 7 nitrogen and oxygen atoms in total. The van der Waals surface area contributed by atoms with Crippen molar-refractivity contribution in [2.45, 2.75) is 19.4 Å². The highest BCUT2D eigenvalue weighted by atomic mass is 79.9. The molecule has 1 aromatic heterocycles. The highest BCUT2D eigenvalue weighted by Crippen LogP contribution is 2.14. The summed E-state index contributed by atoms with van der Waals surface area (Å²) in [7, 11) is 0. The summed E-state index contributed by atoms with van der Waals surface area (Å²) in [5.41, 5.74) is 0.599. The number of halogens is 1. The van der Waals surface area contributed by atoms with Crippen LogP contribution in [-0.4, -0.2) is 30.4 Å². The van der Waals surface area contributed by atoms with E-state index in [2.05, 4.69) is 26.6 Å². The number of nitrogens with one attached hydrogen (secondary N) is 2. The van der Waals surface area contributed by atoms with Crippen LogP contribution in [0.25, 0.3) is 0 Å². The predicted molar refractivity (Wildman–Crippen MR) is 94.0 cm³/mol. The molecule has 0 saturated heterocycles. The zero-order chi connectivity index (χ0) is 18.2. The van der Waals surface area contributed by atoms with E-state index < -0.39 is 23.9 Å². The third-order valence-electron chi connectivity index (χ3n) is 3.15. The van der Waals surface area contributed by atoms with Gasteiger partial charge in [-0.1, -0.05) is 15.9 Å². The van der Waals surface area contributed by atoms with Crippen molar-refractivity contribution in [3.63, 3.8) is 0 Å². The van der Waals surface area contributed by atoms with E-state index in [1.165, 1.54) is 19.3 Å². The fraction of sp³-hybridized carbons (Fsp3) is 0.235. The summed E-state index contributed by atoms with van der Waals surface area (Å²) in [6.45, 7) is 1.56.